The molecule has 0 fully saturated rings. The summed E-state index contributed by atoms with van der Waals surface area (Å²) in [6.07, 6.45) is 0.165. The van der Waals surface area contributed by atoms with Gasteiger partial charge >= 0.3 is 0 Å². The fraction of sp³-hybridized carbons (Fsp3) is 0.300. The van der Waals surface area contributed by atoms with Gasteiger partial charge in [0.2, 0.25) is 11.8 Å². The Balaban J connectivity index is 1.64. The first-order valence-electron chi connectivity index (χ1n) is 8.41. The molecule has 0 saturated carbocycles. The van der Waals surface area contributed by atoms with E-state index in [0.29, 0.717) is 0 Å². The van der Waals surface area contributed by atoms with Gasteiger partial charge in [-0.05, 0) is 50.1 Å². The second-order valence-electron chi connectivity index (χ2n) is 6.07. The highest BCUT2D eigenvalue weighted by Gasteiger charge is 2.07. The van der Waals surface area contributed by atoms with Gasteiger partial charge in [0, 0.05) is 4.90 Å². The molecule has 2 rings (SSSR count). The number of amides is 2. The van der Waals surface area contributed by atoms with Crippen molar-refractivity contribution in [2.45, 2.75) is 32.1 Å². The normalized spacial score (nSPS) is 10.3. The molecular weight excluding hydrogens is 348 g/mol. The van der Waals surface area contributed by atoms with Crippen molar-refractivity contribution < 1.29 is 14.3 Å². The predicted molar refractivity (Wildman–Crippen MR) is 104 cm³/mol. The molecule has 2 aromatic carbocycles. The molecule has 0 aliphatic rings. The van der Waals surface area contributed by atoms with E-state index < -0.39 is 0 Å². The monoisotopic (exact) mass is 372 g/mol. The van der Waals surface area contributed by atoms with Crippen LogP contribution in [0.5, 0.6) is 5.75 Å². The van der Waals surface area contributed by atoms with E-state index in [2.05, 4.69) is 10.9 Å². The molecule has 0 aromatic heterocycles. The van der Waals surface area contributed by atoms with Crippen LogP contribution in [-0.4, -0.2) is 24.2 Å². The molecule has 2 N–H and O–H groups in total. The SMILES string of the molecule is Cc1ccc(SCC(=O)NNC(=O)CCOc2cc(C)ccc2C)cc1. The third kappa shape index (κ3) is 6.80. The highest BCUT2D eigenvalue weighted by molar-refractivity contribution is 8.00. The van der Waals surface area contributed by atoms with Crippen LogP contribution < -0.4 is 15.6 Å². The number of hydrazine groups is 1. The summed E-state index contributed by atoms with van der Waals surface area (Å²) in [5.41, 5.74) is 8.13. The maximum atomic E-state index is 11.8. The van der Waals surface area contributed by atoms with E-state index in [9.17, 15) is 9.59 Å². The van der Waals surface area contributed by atoms with E-state index in [4.69, 9.17) is 4.74 Å². The molecule has 0 saturated heterocycles. The molecule has 0 spiro atoms. The van der Waals surface area contributed by atoms with Crippen LogP contribution in [0.1, 0.15) is 23.1 Å². The number of thioether (sulfide) groups is 1. The lowest BCUT2D eigenvalue weighted by Crippen LogP contribution is -2.42. The minimum absolute atomic E-state index is 0.165. The standard InChI is InChI=1S/C20H24N2O3S/c1-14-5-8-17(9-6-14)26-13-20(24)22-21-19(23)10-11-25-18-12-15(2)4-7-16(18)3/h4-9,12H,10-11,13H2,1-3H3,(H,21,23)(H,22,24). The maximum Gasteiger partial charge on any atom is 0.248 e. The van der Waals surface area contributed by atoms with Gasteiger partial charge in [0.25, 0.3) is 0 Å². The van der Waals surface area contributed by atoms with Crippen molar-refractivity contribution in [2.24, 2.45) is 0 Å². The summed E-state index contributed by atoms with van der Waals surface area (Å²) in [4.78, 5) is 24.6. The molecule has 0 radical (unpaired) electrons. The zero-order chi connectivity index (χ0) is 18.9. The van der Waals surface area contributed by atoms with Gasteiger partial charge in [-0.25, -0.2) is 0 Å². The third-order valence-corrected chi connectivity index (χ3v) is 4.67. The third-order valence-electron chi connectivity index (χ3n) is 3.66. The quantitative estimate of drug-likeness (QED) is 0.578. The molecule has 6 heteroatoms. The number of carbonyl (C=O) groups is 2. The highest BCUT2D eigenvalue weighted by Crippen LogP contribution is 2.19. The van der Waals surface area contributed by atoms with Gasteiger partial charge in [-0.2, -0.15) is 0 Å². The average molecular weight is 372 g/mol. The van der Waals surface area contributed by atoms with Crippen LogP contribution in [-0.2, 0) is 9.59 Å². The Morgan fingerprint density at radius 1 is 0.923 bits per heavy atom. The van der Waals surface area contributed by atoms with E-state index in [1.165, 1.54) is 17.3 Å². The van der Waals surface area contributed by atoms with Crippen molar-refractivity contribution in [3.8, 4) is 5.75 Å². The number of nitrogens with one attached hydrogen (secondary N) is 2. The van der Waals surface area contributed by atoms with Gasteiger partial charge < -0.3 is 4.74 Å². The van der Waals surface area contributed by atoms with Crippen LogP contribution in [0.15, 0.2) is 47.4 Å². The van der Waals surface area contributed by atoms with Crippen molar-refractivity contribution in [1.82, 2.24) is 10.9 Å². The van der Waals surface area contributed by atoms with E-state index >= 15 is 0 Å². The Morgan fingerprint density at radius 2 is 1.58 bits per heavy atom. The predicted octanol–water partition coefficient (Wildman–Crippen LogP) is 3.32. The largest absolute Gasteiger partial charge is 0.493 e. The Hall–Kier alpha value is -2.47. The van der Waals surface area contributed by atoms with Crippen LogP contribution in [0.2, 0.25) is 0 Å². The molecule has 0 atom stereocenters. The number of hydrogen-bond donors (Lipinski definition) is 2. The van der Waals surface area contributed by atoms with Gasteiger partial charge in [0.15, 0.2) is 0 Å². The first kappa shape index (κ1) is 19.8. The highest BCUT2D eigenvalue weighted by atomic mass is 32.2. The molecule has 0 aliphatic heterocycles. The molecule has 2 amide bonds. The molecule has 26 heavy (non-hydrogen) atoms. The molecule has 0 unspecified atom stereocenters. The van der Waals surface area contributed by atoms with Crippen molar-refractivity contribution >= 4 is 23.6 Å². The molecule has 0 bridgehead atoms. The van der Waals surface area contributed by atoms with Crippen LogP contribution >= 0.6 is 11.8 Å². The molecule has 0 aliphatic carbocycles. The molecule has 0 heterocycles. The number of ether oxygens (including phenoxy) is 1. The van der Waals surface area contributed by atoms with Gasteiger partial charge in [-0.3, -0.25) is 20.4 Å². The number of benzene rings is 2. The molecule has 2 aromatic rings. The lowest BCUT2D eigenvalue weighted by Gasteiger charge is -2.10. The summed E-state index contributed by atoms with van der Waals surface area (Å²) < 4.78 is 5.63. The zero-order valence-electron chi connectivity index (χ0n) is 15.3. The zero-order valence-corrected chi connectivity index (χ0v) is 16.1. The van der Waals surface area contributed by atoms with Gasteiger partial charge in [0.05, 0.1) is 18.8 Å². The maximum absolute atomic E-state index is 11.8. The second kappa shape index (κ2) is 9.87. The lowest BCUT2D eigenvalue weighted by atomic mass is 10.1. The van der Waals surface area contributed by atoms with Crippen LogP contribution in [0, 0.1) is 20.8 Å². The number of aryl methyl sites for hydroxylation is 3. The summed E-state index contributed by atoms with van der Waals surface area (Å²) >= 11 is 1.42. The van der Waals surface area contributed by atoms with Crippen LogP contribution in [0.3, 0.4) is 0 Å². The minimum atomic E-state index is -0.288. The molecule has 138 valence electrons. The van der Waals surface area contributed by atoms with Crippen molar-refractivity contribution in [3.05, 3.63) is 59.2 Å². The molecule has 5 nitrogen and oxygen atoms in total. The fourth-order valence-electron chi connectivity index (χ4n) is 2.14. The van der Waals surface area contributed by atoms with Crippen molar-refractivity contribution in [3.63, 3.8) is 0 Å². The topological polar surface area (TPSA) is 67.4 Å². The minimum Gasteiger partial charge on any atom is -0.493 e. The number of hydrogen-bond acceptors (Lipinski definition) is 4. The van der Waals surface area contributed by atoms with Gasteiger partial charge in [0.1, 0.15) is 5.75 Å². The lowest BCUT2D eigenvalue weighted by molar-refractivity contribution is -0.127. The van der Waals surface area contributed by atoms with Crippen LogP contribution in [0.25, 0.3) is 0 Å². The van der Waals surface area contributed by atoms with E-state index in [0.717, 1.165) is 21.8 Å². The smallest absolute Gasteiger partial charge is 0.248 e. The van der Waals surface area contributed by atoms with Crippen molar-refractivity contribution in [2.75, 3.05) is 12.4 Å². The Kier molecular flexibility index (Phi) is 7.53. The Bertz CT molecular complexity index is 760. The summed E-state index contributed by atoms with van der Waals surface area (Å²) in [5.74, 6) is 0.474. The van der Waals surface area contributed by atoms with Crippen molar-refractivity contribution in [1.29, 1.82) is 0 Å². The van der Waals surface area contributed by atoms with E-state index in [-0.39, 0.29) is 30.6 Å². The number of carbonyl (C=O) groups excluding carboxylic acids is 2. The van der Waals surface area contributed by atoms with Gasteiger partial charge in [-0.1, -0.05) is 29.8 Å². The summed E-state index contributed by atoms with van der Waals surface area (Å²) in [6.45, 7) is 6.22. The summed E-state index contributed by atoms with van der Waals surface area (Å²) in [6, 6.07) is 13.9. The second-order valence-corrected chi connectivity index (χ2v) is 7.11. The first-order valence-corrected chi connectivity index (χ1v) is 9.40. The first-order chi connectivity index (χ1) is 12.4. The van der Waals surface area contributed by atoms with Gasteiger partial charge in [-0.15, -0.1) is 11.8 Å². The van der Waals surface area contributed by atoms with E-state index in [1.54, 1.807) is 0 Å². The van der Waals surface area contributed by atoms with Crippen LogP contribution in [0.4, 0.5) is 0 Å². The Labute approximate surface area is 158 Å². The Morgan fingerprint density at radius 3 is 2.31 bits per heavy atom. The average Bonchev–Trinajstić information content (AvgIpc) is 2.62. The summed E-state index contributed by atoms with van der Waals surface area (Å²) in [5, 5.41) is 0. The fourth-order valence-corrected chi connectivity index (χ4v) is 2.84. The van der Waals surface area contributed by atoms with E-state index in [1.807, 2.05) is 63.2 Å². The number of rotatable bonds is 7. The molecular formula is C20H24N2O3S. The summed E-state index contributed by atoms with van der Waals surface area (Å²) in [7, 11) is 0.